The van der Waals surface area contributed by atoms with E-state index in [-0.39, 0.29) is 30.1 Å². The van der Waals surface area contributed by atoms with Crippen molar-refractivity contribution in [3.05, 3.63) is 0 Å². The summed E-state index contributed by atoms with van der Waals surface area (Å²) >= 11 is 0. The molecule has 0 aromatic carbocycles. The van der Waals surface area contributed by atoms with Crippen LogP contribution in [0.4, 0.5) is 0 Å². The summed E-state index contributed by atoms with van der Waals surface area (Å²) in [5, 5.41) is 28.3. The van der Waals surface area contributed by atoms with Crippen molar-refractivity contribution in [3.8, 4) is 0 Å². The highest BCUT2D eigenvalue weighted by Crippen LogP contribution is 2.63. The minimum Gasteiger partial charge on any atom is -0.395 e. The highest BCUT2D eigenvalue weighted by molar-refractivity contribution is 5.09. The summed E-state index contributed by atoms with van der Waals surface area (Å²) in [5.41, 5.74) is 0.437. The van der Waals surface area contributed by atoms with Gasteiger partial charge in [0.15, 0.2) is 0 Å². The van der Waals surface area contributed by atoms with Crippen molar-refractivity contribution in [1.29, 1.82) is 0 Å². The maximum Gasteiger partial charge on any atom is 0.0900 e. The van der Waals surface area contributed by atoms with Crippen molar-refractivity contribution in [2.75, 3.05) is 39.5 Å². The van der Waals surface area contributed by atoms with Gasteiger partial charge in [0.25, 0.3) is 0 Å². The summed E-state index contributed by atoms with van der Waals surface area (Å²) in [7, 11) is 0. The molecule has 0 heterocycles. The monoisotopic (exact) mass is 315 g/mol. The zero-order valence-corrected chi connectivity index (χ0v) is 14.3. The SMILES string of the molecule is CC1(C)[C@H]2CC[C@](C)(C2)[C@H]1OC[C@H](O)CN(CCO)CCO. The van der Waals surface area contributed by atoms with Crippen molar-refractivity contribution >= 4 is 0 Å². The molecular formula is C17H33NO4. The average Bonchev–Trinajstić information content (AvgIpc) is 2.90. The Balaban J connectivity index is 1.84. The second-order valence-electron chi connectivity index (χ2n) is 8.03. The molecular weight excluding hydrogens is 282 g/mol. The fourth-order valence-corrected chi connectivity index (χ4v) is 4.81. The predicted octanol–water partition coefficient (Wildman–Crippen LogP) is 0.865. The van der Waals surface area contributed by atoms with Crippen LogP contribution in [0.15, 0.2) is 0 Å². The Kier molecular flexibility index (Phi) is 5.89. The summed E-state index contributed by atoms with van der Waals surface area (Å²) in [5.74, 6) is 0.736. The fourth-order valence-electron chi connectivity index (χ4n) is 4.81. The molecule has 130 valence electrons. The van der Waals surface area contributed by atoms with Gasteiger partial charge >= 0.3 is 0 Å². The first kappa shape index (κ1) is 18.1. The molecule has 2 rings (SSSR count). The molecule has 5 heteroatoms. The van der Waals surface area contributed by atoms with E-state index in [0.29, 0.717) is 26.2 Å². The van der Waals surface area contributed by atoms with E-state index < -0.39 is 6.10 Å². The van der Waals surface area contributed by atoms with E-state index in [1.54, 1.807) is 0 Å². The zero-order valence-electron chi connectivity index (χ0n) is 14.3. The van der Waals surface area contributed by atoms with Gasteiger partial charge in [-0.2, -0.15) is 0 Å². The second-order valence-corrected chi connectivity index (χ2v) is 8.03. The standard InChI is InChI=1S/C17H33NO4/c1-16(2)13-4-5-17(3,10-13)15(16)22-12-14(21)11-18(6-8-19)7-9-20/h13-15,19-21H,4-12H2,1-3H3/t13-,14+,15-,17+/m0/s1. The van der Waals surface area contributed by atoms with Crippen LogP contribution in [0.5, 0.6) is 0 Å². The molecule has 22 heavy (non-hydrogen) atoms. The van der Waals surface area contributed by atoms with E-state index in [0.717, 1.165) is 5.92 Å². The van der Waals surface area contributed by atoms with Gasteiger partial charge in [-0.05, 0) is 36.0 Å². The molecule has 2 aliphatic rings. The molecule has 0 spiro atoms. The van der Waals surface area contributed by atoms with Crippen LogP contribution in [0, 0.1) is 16.7 Å². The van der Waals surface area contributed by atoms with Gasteiger partial charge < -0.3 is 20.1 Å². The lowest BCUT2D eigenvalue weighted by Crippen LogP contribution is -2.45. The Hall–Kier alpha value is -0.200. The number of nitrogens with zero attached hydrogens (tertiary/aromatic N) is 1. The molecule has 0 radical (unpaired) electrons. The third kappa shape index (κ3) is 3.65. The highest BCUT2D eigenvalue weighted by atomic mass is 16.5. The van der Waals surface area contributed by atoms with E-state index in [4.69, 9.17) is 14.9 Å². The van der Waals surface area contributed by atoms with Gasteiger partial charge in [0, 0.05) is 19.6 Å². The first-order valence-corrected chi connectivity index (χ1v) is 8.57. The lowest BCUT2D eigenvalue weighted by atomic mass is 9.70. The second kappa shape index (κ2) is 7.14. The molecule has 0 aromatic heterocycles. The Bertz CT molecular complexity index is 352. The quantitative estimate of drug-likeness (QED) is 0.589. The van der Waals surface area contributed by atoms with Crippen molar-refractivity contribution in [3.63, 3.8) is 0 Å². The third-order valence-corrected chi connectivity index (χ3v) is 5.89. The van der Waals surface area contributed by atoms with Gasteiger partial charge in [0.1, 0.15) is 0 Å². The maximum absolute atomic E-state index is 10.2. The third-order valence-electron chi connectivity index (χ3n) is 5.89. The fraction of sp³-hybridized carbons (Fsp3) is 1.00. The van der Waals surface area contributed by atoms with Gasteiger partial charge in [-0.1, -0.05) is 20.8 Å². The molecule has 5 nitrogen and oxygen atoms in total. The minimum atomic E-state index is -0.586. The van der Waals surface area contributed by atoms with Gasteiger partial charge in [-0.25, -0.2) is 0 Å². The van der Waals surface area contributed by atoms with Crippen LogP contribution < -0.4 is 0 Å². The van der Waals surface area contributed by atoms with Gasteiger partial charge in [0.2, 0.25) is 0 Å². The minimum absolute atomic E-state index is 0.0307. The van der Waals surface area contributed by atoms with Crippen molar-refractivity contribution in [2.24, 2.45) is 16.7 Å². The summed E-state index contributed by atoms with van der Waals surface area (Å²) in [4.78, 5) is 1.86. The van der Waals surface area contributed by atoms with Crippen LogP contribution >= 0.6 is 0 Å². The summed E-state index contributed by atoms with van der Waals surface area (Å²) in [6.45, 7) is 8.65. The average molecular weight is 315 g/mol. The molecule has 2 fully saturated rings. The molecule has 0 unspecified atom stereocenters. The molecule has 0 aliphatic heterocycles. The molecule has 4 atom stereocenters. The molecule has 2 saturated carbocycles. The first-order valence-electron chi connectivity index (χ1n) is 8.57. The van der Waals surface area contributed by atoms with Gasteiger partial charge in [-0.15, -0.1) is 0 Å². The lowest BCUT2D eigenvalue weighted by Gasteiger charge is -2.42. The highest BCUT2D eigenvalue weighted by Gasteiger charge is 2.60. The number of fused-ring (bicyclic) bond motifs is 2. The van der Waals surface area contributed by atoms with Crippen molar-refractivity contribution in [2.45, 2.75) is 52.2 Å². The summed E-state index contributed by atoms with van der Waals surface area (Å²) in [6, 6.07) is 0. The van der Waals surface area contributed by atoms with Crippen LogP contribution in [0.25, 0.3) is 0 Å². The van der Waals surface area contributed by atoms with E-state index in [1.165, 1.54) is 19.3 Å². The Morgan fingerprint density at radius 1 is 1.18 bits per heavy atom. The molecule has 2 aliphatic carbocycles. The summed E-state index contributed by atoms with van der Waals surface area (Å²) < 4.78 is 6.17. The predicted molar refractivity (Wildman–Crippen MR) is 85.6 cm³/mol. The van der Waals surface area contributed by atoms with Crippen LogP contribution in [-0.2, 0) is 4.74 Å². The number of aliphatic hydroxyl groups is 3. The number of ether oxygens (including phenoxy) is 1. The Morgan fingerprint density at radius 3 is 2.32 bits per heavy atom. The number of rotatable bonds is 9. The van der Waals surface area contributed by atoms with Gasteiger partial charge in [0.05, 0.1) is 32.0 Å². The molecule has 0 aromatic rings. The number of hydrogen-bond donors (Lipinski definition) is 3. The van der Waals surface area contributed by atoms with E-state index in [9.17, 15) is 5.11 Å². The lowest BCUT2D eigenvalue weighted by molar-refractivity contribution is -0.113. The van der Waals surface area contributed by atoms with Crippen molar-refractivity contribution in [1.82, 2.24) is 4.90 Å². The van der Waals surface area contributed by atoms with E-state index in [1.807, 2.05) is 4.90 Å². The smallest absolute Gasteiger partial charge is 0.0900 e. The Labute approximate surface area is 134 Å². The van der Waals surface area contributed by atoms with Crippen LogP contribution in [0.3, 0.4) is 0 Å². The van der Waals surface area contributed by atoms with Crippen LogP contribution in [0.2, 0.25) is 0 Å². The molecule has 0 saturated heterocycles. The van der Waals surface area contributed by atoms with Crippen LogP contribution in [-0.4, -0.2) is 71.9 Å². The summed E-state index contributed by atoms with van der Waals surface area (Å²) in [6.07, 6.45) is 3.38. The van der Waals surface area contributed by atoms with Crippen LogP contribution in [0.1, 0.15) is 40.0 Å². The molecule has 2 bridgehead atoms. The topological polar surface area (TPSA) is 73.2 Å². The number of hydrogen-bond acceptors (Lipinski definition) is 5. The Morgan fingerprint density at radius 2 is 1.82 bits per heavy atom. The molecule has 0 amide bonds. The van der Waals surface area contributed by atoms with E-state index >= 15 is 0 Å². The first-order chi connectivity index (χ1) is 10.3. The molecule has 3 N–H and O–H groups in total. The van der Waals surface area contributed by atoms with Crippen molar-refractivity contribution < 1.29 is 20.1 Å². The normalized spacial score (nSPS) is 34.5. The zero-order chi connectivity index (χ0) is 16.4. The van der Waals surface area contributed by atoms with Gasteiger partial charge in [-0.3, -0.25) is 4.90 Å². The maximum atomic E-state index is 10.2. The largest absolute Gasteiger partial charge is 0.395 e. The number of aliphatic hydroxyl groups excluding tert-OH is 3. The van der Waals surface area contributed by atoms with E-state index in [2.05, 4.69) is 20.8 Å².